The molecule has 1 aliphatic rings. The van der Waals surface area contributed by atoms with Crippen molar-refractivity contribution in [3.63, 3.8) is 0 Å². The fraction of sp³-hybridized carbons (Fsp3) is 0.429. The monoisotopic (exact) mass is 182 g/mol. The molecule has 2 N–H and O–H groups in total. The molecule has 0 spiro atoms. The van der Waals surface area contributed by atoms with E-state index in [1.54, 1.807) is 12.4 Å². The van der Waals surface area contributed by atoms with Crippen LogP contribution in [0.2, 0.25) is 0 Å². The maximum Gasteiger partial charge on any atom is 0.226 e. The average Bonchev–Trinajstić information content (AvgIpc) is 2.59. The van der Waals surface area contributed by atoms with E-state index < -0.39 is 0 Å². The zero-order chi connectivity index (χ0) is 9.52. The second kappa shape index (κ2) is 5.02. The van der Waals surface area contributed by atoms with Crippen molar-refractivity contribution in [2.24, 2.45) is 0 Å². The molecular weight excluding hydrogens is 172 g/mol. The molecule has 0 aliphatic carbocycles. The van der Waals surface area contributed by atoms with Gasteiger partial charge in [0.25, 0.3) is 0 Å². The average molecular weight is 182 g/mol. The summed E-state index contributed by atoms with van der Waals surface area (Å²) in [6.45, 7) is 0. The first-order valence-electron chi connectivity index (χ1n) is 3.91. The Morgan fingerprint density at radius 3 is 1.85 bits per heavy atom. The van der Waals surface area contributed by atoms with E-state index in [-0.39, 0.29) is 11.8 Å². The smallest absolute Gasteiger partial charge is 0.226 e. The number of carbonyl (C=O) groups excluding carboxylic acids is 2. The first kappa shape index (κ1) is 9.37. The Bertz CT molecular complexity index is 239. The van der Waals surface area contributed by atoms with Gasteiger partial charge in [0.15, 0.2) is 0 Å². The molecule has 0 saturated carbocycles. The molecule has 70 valence electrons. The fourth-order valence-electron chi connectivity index (χ4n) is 0.857. The van der Waals surface area contributed by atoms with Gasteiger partial charge in [-0.15, -0.1) is 0 Å². The Morgan fingerprint density at radius 2 is 1.62 bits per heavy atom. The molecule has 0 bridgehead atoms. The van der Waals surface area contributed by atoms with Crippen molar-refractivity contribution in [2.45, 2.75) is 19.3 Å². The molecule has 0 aromatic carbocycles. The summed E-state index contributed by atoms with van der Waals surface area (Å²) in [5.41, 5.74) is 0. The van der Waals surface area contributed by atoms with Gasteiger partial charge in [-0.3, -0.25) is 14.9 Å². The van der Waals surface area contributed by atoms with Crippen molar-refractivity contribution in [3.05, 3.63) is 12.4 Å². The topological polar surface area (TPSA) is 87.7 Å². The molecular formula is C7H10N4O2. The predicted octanol–water partition coefficient (Wildman–Crippen LogP) is -0.382. The Kier molecular flexibility index (Phi) is 3.62. The number of rotatable bonds is 0. The van der Waals surface area contributed by atoms with E-state index in [4.69, 9.17) is 0 Å². The van der Waals surface area contributed by atoms with Crippen molar-refractivity contribution < 1.29 is 9.59 Å². The molecule has 0 radical (unpaired) electrons. The predicted molar refractivity (Wildman–Crippen MR) is 43.4 cm³/mol. The minimum atomic E-state index is -0.138. The number of carbonyl (C=O) groups is 2. The van der Waals surface area contributed by atoms with Crippen LogP contribution in [-0.4, -0.2) is 27.2 Å². The number of nitrogens with one attached hydrogen (secondary N) is 2. The molecule has 1 aromatic rings. The van der Waals surface area contributed by atoms with E-state index in [1.807, 2.05) is 0 Å². The fourth-order valence-corrected chi connectivity index (χ4v) is 0.857. The summed E-state index contributed by atoms with van der Waals surface area (Å²) in [6, 6.07) is 0. The maximum atomic E-state index is 10.3. The van der Waals surface area contributed by atoms with Crippen LogP contribution in [0.25, 0.3) is 0 Å². The molecule has 1 saturated heterocycles. The van der Waals surface area contributed by atoms with E-state index in [1.165, 1.54) is 0 Å². The van der Waals surface area contributed by atoms with Crippen LogP contribution in [0.1, 0.15) is 19.3 Å². The second-order valence-electron chi connectivity index (χ2n) is 2.48. The highest BCUT2D eigenvalue weighted by molar-refractivity contribution is 5.97. The van der Waals surface area contributed by atoms with Gasteiger partial charge in [0, 0.05) is 12.8 Å². The van der Waals surface area contributed by atoms with Crippen molar-refractivity contribution in [1.29, 1.82) is 0 Å². The Morgan fingerprint density at radius 1 is 1.08 bits per heavy atom. The third-order valence-electron chi connectivity index (χ3n) is 1.42. The number of hydrogen-bond acceptors (Lipinski definition) is 4. The summed E-state index contributed by atoms with van der Waals surface area (Å²) in [4.78, 5) is 20.7. The lowest BCUT2D eigenvalue weighted by atomic mass is 10.1. The van der Waals surface area contributed by atoms with E-state index in [0.717, 1.165) is 0 Å². The molecule has 2 rings (SSSR count). The van der Waals surface area contributed by atoms with Crippen LogP contribution in [0.4, 0.5) is 0 Å². The van der Waals surface area contributed by atoms with Gasteiger partial charge in [-0.2, -0.15) is 15.4 Å². The minimum Gasteiger partial charge on any atom is -0.296 e. The van der Waals surface area contributed by atoms with Crippen LogP contribution in [0, 0.1) is 0 Å². The highest BCUT2D eigenvalue weighted by Gasteiger charge is 2.12. The van der Waals surface area contributed by atoms with Crippen LogP contribution in [0.3, 0.4) is 0 Å². The molecule has 2 amide bonds. The highest BCUT2D eigenvalue weighted by Crippen LogP contribution is 2.00. The van der Waals surface area contributed by atoms with Gasteiger partial charge in [-0.25, -0.2) is 0 Å². The lowest BCUT2D eigenvalue weighted by molar-refractivity contribution is -0.132. The summed E-state index contributed by atoms with van der Waals surface area (Å²) in [5.74, 6) is -0.275. The lowest BCUT2D eigenvalue weighted by Gasteiger charge is -2.07. The molecule has 2 heterocycles. The normalized spacial score (nSPS) is 15.7. The standard InChI is InChI=1S/C5H7NO2.C2H3N3/c7-4-2-1-3-5(8)6-4;1-2-4-5-3-1/h1-3H2,(H,6,7,8);1-2H,(H,3,4,5). The molecule has 1 fully saturated rings. The summed E-state index contributed by atoms with van der Waals surface area (Å²) in [7, 11) is 0. The highest BCUT2D eigenvalue weighted by atomic mass is 16.2. The molecule has 0 unspecified atom stereocenters. The van der Waals surface area contributed by atoms with Gasteiger partial charge < -0.3 is 0 Å². The second-order valence-corrected chi connectivity index (χ2v) is 2.48. The number of aromatic nitrogens is 3. The number of H-pyrrole nitrogens is 1. The van der Waals surface area contributed by atoms with Crippen molar-refractivity contribution >= 4 is 11.8 Å². The van der Waals surface area contributed by atoms with Gasteiger partial charge in [0.2, 0.25) is 11.8 Å². The summed E-state index contributed by atoms with van der Waals surface area (Å²) >= 11 is 0. The summed E-state index contributed by atoms with van der Waals surface area (Å²) in [6.07, 6.45) is 4.89. The number of piperidine rings is 1. The number of nitrogens with zero attached hydrogens (tertiary/aromatic N) is 2. The third-order valence-corrected chi connectivity index (χ3v) is 1.42. The zero-order valence-electron chi connectivity index (χ0n) is 6.99. The van der Waals surface area contributed by atoms with Crippen molar-refractivity contribution in [1.82, 2.24) is 20.7 Å². The van der Waals surface area contributed by atoms with Gasteiger partial charge in [-0.05, 0) is 6.42 Å². The molecule has 6 heteroatoms. The molecule has 6 nitrogen and oxygen atoms in total. The maximum absolute atomic E-state index is 10.3. The SMILES string of the molecule is O=C1CCCC(=O)N1.c1cn[nH]n1. The van der Waals surface area contributed by atoms with E-state index in [0.29, 0.717) is 19.3 Å². The number of hydrogen-bond donors (Lipinski definition) is 2. The lowest BCUT2D eigenvalue weighted by Crippen LogP contribution is -2.33. The Labute approximate surface area is 74.7 Å². The largest absolute Gasteiger partial charge is 0.296 e. The number of aromatic amines is 1. The van der Waals surface area contributed by atoms with Crippen LogP contribution < -0.4 is 5.32 Å². The number of imide groups is 1. The molecule has 1 aliphatic heterocycles. The molecule has 0 atom stereocenters. The van der Waals surface area contributed by atoms with Crippen molar-refractivity contribution in [3.8, 4) is 0 Å². The summed E-state index contributed by atoms with van der Waals surface area (Å²) in [5, 5.41) is 11.5. The first-order chi connectivity index (χ1) is 6.29. The number of amides is 2. The van der Waals surface area contributed by atoms with Crippen LogP contribution >= 0.6 is 0 Å². The van der Waals surface area contributed by atoms with Crippen LogP contribution in [0.15, 0.2) is 12.4 Å². The van der Waals surface area contributed by atoms with Gasteiger partial charge >= 0.3 is 0 Å². The van der Waals surface area contributed by atoms with Gasteiger partial charge in [0.05, 0.1) is 12.4 Å². The van der Waals surface area contributed by atoms with Gasteiger partial charge in [0.1, 0.15) is 0 Å². The van der Waals surface area contributed by atoms with E-state index >= 15 is 0 Å². The first-order valence-corrected chi connectivity index (χ1v) is 3.91. The third kappa shape index (κ3) is 4.00. The Hall–Kier alpha value is -1.72. The minimum absolute atomic E-state index is 0.138. The van der Waals surface area contributed by atoms with Crippen LogP contribution in [0.5, 0.6) is 0 Å². The van der Waals surface area contributed by atoms with E-state index in [2.05, 4.69) is 20.7 Å². The Balaban J connectivity index is 0.000000145. The molecule has 13 heavy (non-hydrogen) atoms. The van der Waals surface area contributed by atoms with Crippen LogP contribution in [-0.2, 0) is 9.59 Å². The quantitative estimate of drug-likeness (QED) is 0.535. The van der Waals surface area contributed by atoms with Gasteiger partial charge in [-0.1, -0.05) is 0 Å². The molecule has 1 aromatic heterocycles. The van der Waals surface area contributed by atoms with Crippen molar-refractivity contribution in [2.75, 3.05) is 0 Å². The zero-order valence-corrected chi connectivity index (χ0v) is 6.99. The van der Waals surface area contributed by atoms with E-state index in [9.17, 15) is 9.59 Å². The summed E-state index contributed by atoms with van der Waals surface area (Å²) < 4.78 is 0.